The maximum Gasteiger partial charge on any atom is 0.417 e. The number of methoxy groups -OCH3 is 1. The molecule has 1 fully saturated rings. The summed E-state index contributed by atoms with van der Waals surface area (Å²) in [6.45, 7) is 5.05. The standard InChI is InChI=1S/C10H15NO5/c1-10(2,3)16-9(14)11-6(5-7(11)12)8(13)15-4/h6H,5H2,1-4H3/t6-/m0/s1. The Morgan fingerprint density at radius 3 is 2.31 bits per heavy atom. The van der Waals surface area contributed by atoms with E-state index >= 15 is 0 Å². The predicted molar refractivity (Wildman–Crippen MR) is 53.5 cm³/mol. The van der Waals surface area contributed by atoms with Gasteiger partial charge in [0.1, 0.15) is 11.6 Å². The van der Waals surface area contributed by atoms with Crippen LogP contribution in [0.3, 0.4) is 0 Å². The third kappa shape index (κ3) is 2.50. The summed E-state index contributed by atoms with van der Waals surface area (Å²) >= 11 is 0. The molecule has 90 valence electrons. The van der Waals surface area contributed by atoms with Gasteiger partial charge in [0, 0.05) is 0 Å². The summed E-state index contributed by atoms with van der Waals surface area (Å²) in [5.41, 5.74) is -0.701. The van der Waals surface area contributed by atoms with Crippen LogP contribution in [0.2, 0.25) is 0 Å². The number of ether oxygens (including phenoxy) is 2. The lowest BCUT2D eigenvalue weighted by atomic mass is 10.0. The Morgan fingerprint density at radius 1 is 1.38 bits per heavy atom. The average Bonchev–Trinajstić information content (AvgIpc) is 2.09. The van der Waals surface area contributed by atoms with Crippen LogP contribution < -0.4 is 0 Å². The number of esters is 1. The molecule has 0 unspecified atom stereocenters. The molecule has 2 amide bonds. The molecule has 0 saturated carbocycles. The first-order valence-electron chi connectivity index (χ1n) is 4.89. The number of hydrogen-bond acceptors (Lipinski definition) is 5. The van der Waals surface area contributed by atoms with Gasteiger partial charge in [-0.2, -0.15) is 0 Å². The Morgan fingerprint density at radius 2 is 1.94 bits per heavy atom. The van der Waals surface area contributed by atoms with Gasteiger partial charge in [0.25, 0.3) is 0 Å². The van der Waals surface area contributed by atoms with Gasteiger partial charge in [0.2, 0.25) is 5.91 Å². The molecule has 6 nitrogen and oxygen atoms in total. The second kappa shape index (κ2) is 4.11. The number of imide groups is 1. The van der Waals surface area contributed by atoms with Crippen molar-refractivity contribution in [3.05, 3.63) is 0 Å². The van der Waals surface area contributed by atoms with Gasteiger partial charge >= 0.3 is 12.1 Å². The highest BCUT2D eigenvalue weighted by Crippen LogP contribution is 2.23. The lowest BCUT2D eigenvalue weighted by molar-refractivity contribution is -0.162. The van der Waals surface area contributed by atoms with E-state index in [-0.39, 0.29) is 6.42 Å². The highest BCUT2D eigenvalue weighted by atomic mass is 16.6. The van der Waals surface area contributed by atoms with E-state index in [9.17, 15) is 14.4 Å². The van der Waals surface area contributed by atoms with Crippen LogP contribution >= 0.6 is 0 Å². The fourth-order valence-corrected chi connectivity index (χ4v) is 1.28. The summed E-state index contributed by atoms with van der Waals surface area (Å²) in [5, 5.41) is 0. The van der Waals surface area contributed by atoms with Crippen LogP contribution in [0, 0.1) is 0 Å². The van der Waals surface area contributed by atoms with Crippen LogP contribution in [0.1, 0.15) is 27.2 Å². The van der Waals surface area contributed by atoms with Crippen molar-refractivity contribution in [1.29, 1.82) is 0 Å². The molecular formula is C10H15NO5. The Bertz CT molecular complexity index is 331. The van der Waals surface area contributed by atoms with E-state index in [4.69, 9.17) is 4.74 Å². The zero-order valence-corrected chi connectivity index (χ0v) is 9.77. The molecule has 1 heterocycles. The number of amides is 2. The Labute approximate surface area is 93.5 Å². The second-order valence-electron chi connectivity index (χ2n) is 4.49. The van der Waals surface area contributed by atoms with E-state index in [1.165, 1.54) is 7.11 Å². The maximum atomic E-state index is 11.6. The van der Waals surface area contributed by atoms with Gasteiger partial charge in [-0.15, -0.1) is 0 Å². The van der Waals surface area contributed by atoms with Gasteiger partial charge in [-0.05, 0) is 20.8 Å². The number of hydrogen-bond donors (Lipinski definition) is 0. The second-order valence-corrected chi connectivity index (χ2v) is 4.49. The SMILES string of the molecule is COC(=O)[C@@H]1CC(=O)N1C(=O)OC(C)(C)C. The topological polar surface area (TPSA) is 72.9 Å². The van der Waals surface area contributed by atoms with Crippen molar-refractivity contribution >= 4 is 18.0 Å². The fraction of sp³-hybridized carbons (Fsp3) is 0.700. The van der Waals surface area contributed by atoms with E-state index in [0.29, 0.717) is 0 Å². The Kier molecular flexibility index (Phi) is 3.21. The molecule has 1 atom stereocenters. The lowest BCUT2D eigenvalue weighted by Crippen LogP contribution is -2.60. The van der Waals surface area contributed by atoms with Crippen molar-refractivity contribution in [2.45, 2.75) is 38.8 Å². The molecule has 0 aromatic carbocycles. The van der Waals surface area contributed by atoms with Gasteiger partial charge in [-0.25, -0.2) is 14.5 Å². The molecule has 0 aliphatic carbocycles. The third-order valence-corrected chi connectivity index (χ3v) is 2.01. The first-order valence-corrected chi connectivity index (χ1v) is 4.89. The molecule has 0 N–H and O–H groups in total. The van der Waals surface area contributed by atoms with Crippen molar-refractivity contribution in [3.8, 4) is 0 Å². The Hall–Kier alpha value is -1.59. The molecule has 6 heteroatoms. The first-order chi connectivity index (χ1) is 7.26. The molecule has 0 spiro atoms. The quantitative estimate of drug-likeness (QED) is 0.488. The van der Waals surface area contributed by atoms with Crippen LogP contribution in [-0.2, 0) is 19.1 Å². The van der Waals surface area contributed by atoms with Gasteiger partial charge in [0.05, 0.1) is 13.5 Å². The molecule has 0 aromatic rings. The third-order valence-electron chi connectivity index (χ3n) is 2.01. The number of likely N-dealkylation sites (tertiary alicyclic amines) is 1. The summed E-state index contributed by atoms with van der Waals surface area (Å²) in [6, 6.07) is -0.840. The summed E-state index contributed by atoms with van der Waals surface area (Å²) in [6.07, 6.45) is -0.814. The van der Waals surface area contributed by atoms with Crippen molar-refractivity contribution in [2.75, 3.05) is 7.11 Å². The van der Waals surface area contributed by atoms with E-state index in [1.807, 2.05) is 0 Å². The number of β-lactam (4-membered cyclic amide) rings is 1. The highest BCUT2D eigenvalue weighted by Gasteiger charge is 2.47. The average molecular weight is 229 g/mol. The predicted octanol–water partition coefficient (Wildman–Crippen LogP) is 0.695. The zero-order chi connectivity index (χ0) is 12.5. The van der Waals surface area contributed by atoms with Crippen molar-refractivity contribution < 1.29 is 23.9 Å². The minimum absolute atomic E-state index is 0.00802. The van der Waals surface area contributed by atoms with Crippen molar-refractivity contribution in [1.82, 2.24) is 4.90 Å². The largest absolute Gasteiger partial charge is 0.467 e. The molecule has 16 heavy (non-hydrogen) atoms. The van der Waals surface area contributed by atoms with Crippen LogP contribution in [0.25, 0.3) is 0 Å². The lowest BCUT2D eigenvalue weighted by Gasteiger charge is -2.36. The number of rotatable bonds is 1. The molecular weight excluding hydrogens is 214 g/mol. The summed E-state index contributed by atoms with van der Waals surface area (Å²) in [5.74, 6) is -1.03. The van der Waals surface area contributed by atoms with Gasteiger partial charge in [0.15, 0.2) is 0 Å². The molecule has 0 radical (unpaired) electrons. The van der Waals surface area contributed by atoms with Crippen molar-refractivity contribution in [3.63, 3.8) is 0 Å². The first kappa shape index (κ1) is 12.5. The minimum Gasteiger partial charge on any atom is -0.467 e. The van der Waals surface area contributed by atoms with Crippen LogP contribution in [-0.4, -0.2) is 41.6 Å². The molecule has 0 aromatic heterocycles. The fourth-order valence-electron chi connectivity index (χ4n) is 1.28. The van der Waals surface area contributed by atoms with E-state index in [1.54, 1.807) is 20.8 Å². The van der Waals surface area contributed by atoms with Gasteiger partial charge in [-0.3, -0.25) is 4.79 Å². The number of carbonyl (C=O) groups is 3. The molecule has 1 rings (SSSR count). The minimum atomic E-state index is -0.840. The molecule has 1 aliphatic rings. The van der Waals surface area contributed by atoms with Gasteiger partial charge in [-0.1, -0.05) is 0 Å². The molecule has 0 bridgehead atoms. The van der Waals surface area contributed by atoms with E-state index in [0.717, 1.165) is 4.90 Å². The van der Waals surface area contributed by atoms with Crippen molar-refractivity contribution in [2.24, 2.45) is 0 Å². The normalized spacial score (nSPS) is 20.1. The summed E-state index contributed by atoms with van der Waals surface area (Å²) < 4.78 is 9.47. The summed E-state index contributed by atoms with van der Waals surface area (Å²) in [4.78, 5) is 34.7. The van der Waals surface area contributed by atoms with E-state index in [2.05, 4.69) is 4.74 Å². The van der Waals surface area contributed by atoms with Crippen LogP contribution in [0.15, 0.2) is 0 Å². The zero-order valence-electron chi connectivity index (χ0n) is 9.77. The Balaban J connectivity index is 2.68. The van der Waals surface area contributed by atoms with Gasteiger partial charge < -0.3 is 9.47 Å². The van der Waals surface area contributed by atoms with E-state index < -0.39 is 29.6 Å². The summed E-state index contributed by atoms with van der Waals surface area (Å²) in [7, 11) is 1.21. The number of nitrogens with zero attached hydrogens (tertiary/aromatic N) is 1. The highest BCUT2D eigenvalue weighted by molar-refractivity contribution is 6.04. The smallest absolute Gasteiger partial charge is 0.417 e. The monoisotopic (exact) mass is 229 g/mol. The molecule has 1 saturated heterocycles. The van der Waals surface area contributed by atoms with Crippen LogP contribution in [0.5, 0.6) is 0 Å². The maximum absolute atomic E-state index is 11.6. The van der Waals surface area contributed by atoms with Crippen LogP contribution in [0.4, 0.5) is 4.79 Å². The molecule has 1 aliphatic heterocycles. The number of carbonyl (C=O) groups excluding carboxylic acids is 3.